The van der Waals surface area contributed by atoms with Gasteiger partial charge in [-0.1, -0.05) is 12.1 Å². The summed E-state index contributed by atoms with van der Waals surface area (Å²) in [5, 5.41) is 22.9. The standard InChI is InChI=1S/C13H19N3O5/c1-15(7-10(17)9-21-2)8-13(18)14-11-5-3-4-6-12(11)16(19)20/h3-6,10,17H,7-9H2,1-2H3,(H,14,18). The Balaban J connectivity index is 2.56. The van der Waals surface area contributed by atoms with Crippen LogP contribution >= 0.6 is 0 Å². The number of likely N-dealkylation sites (N-methyl/N-ethyl adjacent to an activating group) is 1. The molecule has 0 aliphatic carbocycles. The molecule has 0 fully saturated rings. The van der Waals surface area contributed by atoms with Crippen molar-refractivity contribution in [2.45, 2.75) is 6.10 Å². The maximum atomic E-state index is 11.8. The Morgan fingerprint density at radius 1 is 1.52 bits per heavy atom. The molecule has 0 aromatic heterocycles. The Kier molecular flexibility index (Phi) is 6.73. The summed E-state index contributed by atoms with van der Waals surface area (Å²) < 4.78 is 4.80. The van der Waals surface area contributed by atoms with Gasteiger partial charge in [0.1, 0.15) is 5.69 Å². The van der Waals surface area contributed by atoms with Crippen LogP contribution in [-0.4, -0.2) is 60.8 Å². The van der Waals surface area contributed by atoms with E-state index in [4.69, 9.17) is 4.74 Å². The smallest absolute Gasteiger partial charge is 0.292 e. The van der Waals surface area contributed by atoms with Crippen molar-refractivity contribution in [1.82, 2.24) is 4.90 Å². The van der Waals surface area contributed by atoms with Crippen molar-refractivity contribution in [1.29, 1.82) is 0 Å². The molecule has 1 aromatic rings. The molecule has 0 aliphatic heterocycles. The Morgan fingerprint density at radius 2 is 2.19 bits per heavy atom. The number of carbonyl (C=O) groups is 1. The first kappa shape index (κ1) is 17.0. The fraction of sp³-hybridized carbons (Fsp3) is 0.462. The van der Waals surface area contributed by atoms with Gasteiger partial charge < -0.3 is 15.2 Å². The number of carbonyl (C=O) groups excluding carboxylic acids is 1. The monoisotopic (exact) mass is 297 g/mol. The predicted molar refractivity (Wildman–Crippen MR) is 77.1 cm³/mol. The molecule has 0 radical (unpaired) electrons. The minimum absolute atomic E-state index is 0.00677. The van der Waals surface area contributed by atoms with Crippen LogP contribution in [0.1, 0.15) is 0 Å². The van der Waals surface area contributed by atoms with E-state index in [2.05, 4.69) is 5.32 Å². The van der Waals surface area contributed by atoms with Gasteiger partial charge in [0, 0.05) is 19.7 Å². The summed E-state index contributed by atoms with van der Waals surface area (Å²) in [5.74, 6) is -0.392. The second kappa shape index (κ2) is 8.30. The molecule has 0 heterocycles. The highest BCUT2D eigenvalue weighted by atomic mass is 16.6. The Bertz CT molecular complexity index is 494. The molecule has 0 bridgehead atoms. The van der Waals surface area contributed by atoms with Gasteiger partial charge >= 0.3 is 0 Å². The third-order valence-electron chi connectivity index (χ3n) is 2.67. The van der Waals surface area contributed by atoms with E-state index in [0.29, 0.717) is 0 Å². The number of nitro benzene ring substituents is 1. The summed E-state index contributed by atoms with van der Waals surface area (Å²) in [4.78, 5) is 23.7. The third kappa shape index (κ3) is 5.86. The molecule has 2 N–H and O–H groups in total. The zero-order chi connectivity index (χ0) is 15.8. The van der Waals surface area contributed by atoms with Crippen LogP contribution in [0.25, 0.3) is 0 Å². The summed E-state index contributed by atoms with van der Waals surface area (Å²) in [7, 11) is 3.14. The van der Waals surface area contributed by atoms with Crippen LogP contribution in [0.5, 0.6) is 0 Å². The fourth-order valence-electron chi connectivity index (χ4n) is 1.84. The third-order valence-corrected chi connectivity index (χ3v) is 2.67. The lowest BCUT2D eigenvalue weighted by molar-refractivity contribution is -0.383. The summed E-state index contributed by atoms with van der Waals surface area (Å²) in [5.41, 5.74) is -0.00809. The number of nitrogens with zero attached hydrogens (tertiary/aromatic N) is 2. The van der Waals surface area contributed by atoms with Crippen LogP contribution in [0.15, 0.2) is 24.3 Å². The fourth-order valence-corrected chi connectivity index (χ4v) is 1.84. The van der Waals surface area contributed by atoms with Gasteiger partial charge in [0.25, 0.3) is 5.69 Å². The predicted octanol–water partition coefficient (Wildman–Crippen LogP) is 0.472. The number of rotatable bonds is 8. The highest BCUT2D eigenvalue weighted by molar-refractivity contribution is 5.94. The van der Waals surface area contributed by atoms with Crippen molar-refractivity contribution < 1.29 is 19.6 Å². The van der Waals surface area contributed by atoms with Gasteiger partial charge in [-0.2, -0.15) is 0 Å². The number of para-hydroxylation sites is 2. The number of nitro groups is 1. The number of aliphatic hydroxyl groups is 1. The van der Waals surface area contributed by atoms with Gasteiger partial charge in [-0.25, -0.2) is 0 Å². The molecular weight excluding hydrogens is 278 g/mol. The number of anilines is 1. The number of hydrogen-bond acceptors (Lipinski definition) is 6. The van der Waals surface area contributed by atoms with Gasteiger partial charge in [0.2, 0.25) is 5.91 Å². The molecule has 21 heavy (non-hydrogen) atoms. The number of amides is 1. The van der Waals surface area contributed by atoms with Crippen molar-refractivity contribution in [2.75, 3.05) is 39.2 Å². The van der Waals surface area contributed by atoms with E-state index in [1.165, 1.54) is 25.3 Å². The van der Waals surface area contributed by atoms with Crippen molar-refractivity contribution >= 4 is 17.3 Å². The number of methoxy groups -OCH3 is 1. The number of nitrogens with one attached hydrogen (secondary N) is 1. The molecule has 0 spiro atoms. The lowest BCUT2D eigenvalue weighted by Crippen LogP contribution is -2.37. The largest absolute Gasteiger partial charge is 0.389 e. The number of aliphatic hydroxyl groups excluding tert-OH is 1. The van der Waals surface area contributed by atoms with E-state index in [0.717, 1.165) is 0 Å². The van der Waals surface area contributed by atoms with E-state index in [1.807, 2.05) is 0 Å². The van der Waals surface area contributed by atoms with Crippen LogP contribution < -0.4 is 5.32 Å². The maximum Gasteiger partial charge on any atom is 0.292 e. The summed E-state index contributed by atoms with van der Waals surface area (Å²) >= 11 is 0. The first-order valence-corrected chi connectivity index (χ1v) is 6.33. The van der Waals surface area contributed by atoms with Gasteiger partial charge in [0.05, 0.1) is 24.2 Å². The summed E-state index contributed by atoms with van der Waals surface area (Å²) in [6, 6.07) is 5.92. The van der Waals surface area contributed by atoms with Crippen LogP contribution in [0.2, 0.25) is 0 Å². The van der Waals surface area contributed by atoms with E-state index < -0.39 is 16.9 Å². The molecule has 1 amide bonds. The molecule has 0 aliphatic rings. The molecule has 8 heteroatoms. The quantitative estimate of drug-likeness (QED) is 0.534. The maximum absolute atomic E-state index is 11.8. The lowest BCUT2D eigenvalue weighted by atomic mass is 10.2. The van der Waals surface area contributed by atoms with Crippen molar-refractivity contribution in [3.63, 3.8) is 0 Å². The van der Waals surface area contributed by atoms with Crippen LogP contribution in [-0.2, 0) is 9.53 Å². The molecule has 0 saturated heterocycles. The van der Waals surface area contributed by atoms with Crippen molar-refractivity contribution in [2.24, 2.45) is 0 Å². The summed E-state index contributed by atoms with van der Waals surface area (Å²) in [6.07, 6.45) is -0.695. The zero-order valence-electron chi connectivity index (χ0n) is 12.0. The molecule has 1 aromatic carbocycles. The van der Waals surface area contributed by atoms with Crippen molar-refractivity contribution in [3.05, 3.63) is 34.4 Å². The van der Waals surface area contributed by atoms with E-state index in [9.17, 15) is 20.0 Å². The van der Waals surface area contributed by atoms with Crippen LogP contribution in [0, 0.1) is 10.1 Å². The van der Waals surface area contributed by atoms with Crippen LogP contribution in [0.3, 0.4) is 0 Å². The number of ether oxygens (including phenoxy) is 1. The molecular formula is C13H19N3O5. The second-order valence-electron chi connectivity index (χ2n) is 4.63. The summed E-state index contributed by atoms with van der Waals surface area (Å²) in [6.45, 7) is 0.446. The van der Waals surface area contributed by atoms with E-state index in [1.54, 1.807) is 18.0 Å². The molecule has 116 valence electrons. The first-order chi connectivity index (χ1) is 9.93. The lowest BCUT2D eigenvalue weighted by Gasteiger charge is -2.19. The van der Waals surface area contributed by atoms with Gasteiger partial charge in [-0.05, 0) is 13.1 Å². The van der Waals surface area contributed by atoms with Crippen LogP contribution in [0.4, 0.5) is 11.4 Å². The average Bonchev–Trinajstić information content (AvgIpc) is 2.38. The molecule has 1 atom stereocenters. The Hall–Kier alpha value is -2.03. The minimum Gasteiger partial charge on any atom is -0.389 e. The van der Waals surface area contributed by atoms with Gasteiger partial charge in [0.15, 0.2) is 0 Å². The van der Waals surface area contributed by atoms with E-state index >= 15 is 0 Å². The molecule has 8 nitrogen and oxygen atoms in total. The molecule has 1 unspecified atom stereocenters. The van der Waals surface area contributed by atoms with E-state index in [-0.39, 0.29) is 31.1 Å². The molecule has 0 saturated carbocycles. The topological polar surface area (TPSA) is 105 Å². The van der Waals surface area contributed by atoms with Crippen molar-refractivity contribution in [3.8, 4) is 0 Å². The minimum atomic E-state index is -0.695. The Morgan fingerprint density at radius 3 is 2.81 bits per heavy atom. The number of benzene rings is 1. The SMILES string of the molecule is COCC(O)CN(C)CC(=O)Nc1ccccc1[N+](=O)[O-]. The Labute approximate surface area is 122 Å². The highest BCUT2D eigenvalue weighted by Gasteiger charge is 2.16. The number of hydrogen-bond donors (Lipinski definition) is 2. The first-order valence-electron chi connectivity index (χ1n) is 6.33. The highest BCUT2D eigenvalue weighted by Crippen LogP contribution is 2.22. The average molecular weight is 297 g/mol. The van der Waals surface area contributed by atoms with Gasteiger partial charge in [-0.15, -0.1) is 0 Å². The molecule has 1 rings (SSSR count). The normalized spacial score (nSPS) is 12.2. The van der Waals surface area contributed by atoms with Gasteiger partial charge in [-0.3, -0.25) is 19.8 Å². The zero-order valence-corrected chi connectivity index (χ0v) is 12.0. The second-order valence-corrected chi connectivity index (χ2v) is 4.63.